The summed E-state index contributed by atoms with van der Waals surface area (Å²) in [5, 5.41) is 3.31. The number of rotatable bonds is 2. The first-order chi connectivity index (χ1) is 8.20. The summed E-state index contributed by atoms with van der Waals surface area (Å²) in [5.41, 5.74) is 1.71. The third-order valence-corrected chi connectivity index (χ3v) is 3.43. The lowest BCUT2D eigenvalue weighted by Crippen LogP contribution is -2.44. The van der Waals surface area contributed by atoms with Crippen molar-refractivity contribution in [3.63, 3.8) is 0 Å². The molecule has 0 aliphatic carbocycles. The molecule has 0 spiro atoms. The summed E-state index contributed by atoms with van der Waals surface area (Å²) in [4.78, 5) is 18.2. The standard InChI is InChI=1S/C13H19N3O/c1-10-9-15-8-5-12(10)13(17)16(2)11-3-6-14-7-4-11/h5,8-9,11,14H,3-4,6-7H2,1-2H3. The summed E-state index contributed by atoms with van der Waals surface area (Å²) in [7, 11) is 1.90. The summed E-state index contributed by atoms with van der Waals surface area (Å²) in [6.45, 7) is 3.92. The van der Waals surface area contributed by atoms with E-state index in [-0.39, 0.29) is 5.91 Å². The Morgan fingerprint density at radius 3 is 2.82 bits per heavy atom. The minimum atomic E-state index is 0.108. The van der Waals surface area contributed by atoms with Gasteiger partial charge in [0.15, 0.2) is 0 Å². The van der Waals surface area contributed by atoms with E-state index >= 15 is 0 Å². The second-order valence-electron chi connectivity index (χ2n) is 4.59. The molecule has 1 saturated heterocycles. The predicted molar refractivity (Wildman–Crippen MR) is 67.0 cm³/mol. The highest BCUT2D eigenvalue weighted by atomic mass is 16.2. The van der Waals surface area contributed by atoms with Gasteiger partial charge in [0.1, 0.15) is 0 Å². The van der Waals surface area contributed by atoms with Gasteiger partial charge in [-0.05, 0) is 44.5 Å². The number of aryl methyl sites for hydroxylation is 1. The molecule has 0 atom stereocenters. The van der Waals surface area contributed by atoms with Crippen molar-refractivity contribution in [2.75, 3.05) is 20.1 Å². The molecule has 0 saturated carbocycles. The van der Waals surface area contributed by atoms with Gasteiger partial charge in [-0.15, -0.1) is 0 Å². The number of amides is 1. The molecule has 0 aromatic carbocycles. The zero-order valence-corrected chi connectivity index (χ0v) is 10.4. The van der Waals surface area contributed by atoms with E-state index in [9.17, 15) is 4.79 Å². The molecule has 0 radical (unpaired) electrons. The van der Waals surface area contributed by atoms with Crippen molar-refractivity contribution < 1.29 is 4.79 Å². The minimum Gasteiger partial charge on any atom is -0.339 e. The van der Waals surface area contributed by atoms with E-state index in [1.54, 1.807) is 18.5 Å². The fraction of sp³-hybridized carbons (Fsp3) is 0.538. The van der Waals surface area contributed by atoms with Crippen molar-refractivity contribution in [1.29, 1.82) is 0 Å². The summed E-state index contributed by atoms with van der Waals surface area (Å²) >= 11 is 0. The molecule has 1 aliphatic rings. The maximum Gasteiger partial charge on any atom is 0.254 e. The summed E-state index contributed by atoms with van der Waals surface area (Å²) < 4.78 is 0. The van der Waals surface area contributed by atoms with Crippen LogP contribution in [0.1, 0.15) is 28.8 Å². The molecule has 1 fully saturated rings. The highest BCUT2D eigenvalue weighted by molar-refractivity contribution is 5.95. The van der Waals surface area contributed by atoms with Crippen LogP contribution in [0.2, 0.25) is 0 Å². The van der Waals surface area contributed by atoms with Crippen LogP contribution in [-0.2, 0) is 0 Å². The Kier molecular flexibility index (Phi) is 3.74. The van der Waals surface area contributed by atoms with Gasteiger partial charge in [-0.2, -0.15) is 0 Å². The molecule has 4 heteroatoms. The van der Waals surface area contributed by atoms with Crippen LogP contribution in [0.15, 0.2) is 18.5 Å². The first-order valence-electron chi connectivity index (χ1n) is 6.08. The molecule has 1 aromatic rings. The molecular weight excluding hydrogens is 214 g/mol. The van der Waals surface area contributed by atoms with Crippen LogP contribution in [-0.4, -0.2) is 42.0 Å². The lowest BCUT2D eigenvalue weighted by Gasteiger charge is -2.32. The van der Waals surface area contributed by atoms with Crippen LogP contribution >= 0.6 is 0 Å². The highest BCUT2D eigenvalue weighted by Gasteiger charge is 2.23. The molecular formula is C13H19N3O. The molecule has 0 unspecified atom stereocenters. The van der Waals surface area contributed by atoms with Gasteiger partial charge in [0.25, 0.3) is 5.91 Å². The van der Waals surface area contributed by atoms with Gasteiger partial charge in [-0.1, -0.05) is 0 Å². The van der Waals surface area contributed by atoms with Crippen LogP contribution in [0.5, 0.6) is 0 Å². The van der Waals surface area contributed by atoms with E-state index in [1.807, 2.05) is 18.9 Å². The van der Waals surface area contributed by atoms with Gasteiger partial charge in [-0.25, -0.2) is 0 Å². The molecule has 92 valence electrons. The second-order valence-corrected chi connectivity index (χ2v) is 4.59. The van der Waals surface area contributed by atoms with Gasteiger partial charge in [-0.3, -0.25) is 9.78 Å². The van der Waals surface area contributed by atoms with E-state index in [4.69, 9.17) is 0 Å². The number of nitrogens with one attached hydrogen (secondary N) is 1. The molecule has 4 nitrogen and oxygen atoms in total. The van der Waals surface area contributed by atoms with Crippen molar-refractivity contribution in [2.45, 2.75) is 25.8 Å². The maximum absolute atomic E-state index is 12.3. The maximum atomic E-state index is 12.3. The average molecular weight is 233 g/mol. The van der Waals surface area contributed by atoms with E-state index in [0.29, 0.717) is 6.04 Å². The lowest BCUT2D eigenvalue weighted by atomic mass is 10.0. The zero-order chi connectivity index (χ0) is 12.3. The molecule has 1 N–H and O–H groups in total. The molecule has 1 amide bonds. The number of pyridine rings is 1. The van der Waals surface area contributed by atoms with Gasteiger partial charge < -0.3 is 10.2 Å². The first-order valence-corrected chi connectivity index (χ1v) is 6.08. The van der Waals surface area contributed by atoms with Crippen molar-refractivity contribution in [1.82, 2.24) is 15.2 Å². The van der Waals surface area contributed by atoms with E-state index in [2.05, 4.69) is 10.3 Å². The number of nitrogens with zero attached hydrogens (tertiary/aromatic N) is 2. The smallest absolute Gasteiger partial charge is 0.254 e. The largest absolute Gasteiger partial charge is 0.339 e. The number of carbonyl (C=O) groups is 1. The topological polar surface area (TPSA) is 45.2 Å². The number of hydrogen-bond acceptors (Lipinski definition) is 3. The number of piperidine rings is 1. The van der Waals surface area contributed by atoms with Crippen LogP contribution in [0, 0.1) is 6.92 Å². The summed E-state index contributed by atoms with van der Waals surface area (Å²) in [6.07, 6.45) is 5.48. The normalized spacial score (nSPS) is 16.8. The second kappa shape index (κ2) is 5.27. The van der Waals surface area contributed by atoms with Crippen molar-refractivity contribution in [3.8, 4) is 0 Å². The predicted octanol–water partition coefficient (Wildman–Crippen LogP) is 1.21. The molecule has 0 bridgehead atoms. The van der Waals surface area contributed by atoms with Crippen LogP contribution in [0.25, 0.3) is 0 Å². The van der Waals surface area contributed by atoms with Gasteiger partial charge in [0, 0.05) is 31.0 Å². The SMILES string of the molecule is Cc1cnccc1C(=O)N(C)C1CCNCC1. The Bertz CT molecular complexity index is 399. The van der Waals surface area contributed by atoms with Gasteiger partial charge in [0.05, 0.1) is 0 Å². The third-order valence-electron chi connectivity index (χ3n) is 3.43. The van der Waals surface area contributed by atoms with Crippen molar-refractivity contribution >= 4 is 5.91 Å². The Hall–Kier alpha value is -1.42. The highest BCUT2D eigenvalue weighted by Crippen LogP contribution is 2.15. The number of carbonyl (C=O) groups excluding carboxylic acids is 1. The number of hydrogen-bond donors (Lipinski definition) is 1. The Morgan fingerprint density at radius 2 is 2.18 bits per heavy atom. The first kappa shape index (κ1) is 12.0. The Morgan fingerprint density at radius 1 is 1.47 bits per heavy atom. The number of aromatic nitrogens is 1. The molecule has 1 aliphatic heterocycles. The molecule has 2 heterocycles. The third kappa shape index (κ3) is 2.64. The van der Waals surface area contributed by atoms with Gasteiger partial charge >= 0.3 is 0 Å². The molecule has 17 heavy (non-hydrogen) atoms. The Balaban J connectivity index is 2.11. The van der Waals surface area contributed by atoms with Crippen molar-refractivity contribution in [2.24, 2.45) is 0 Å². The Labute approximate surface area is 102 Å². The van der Waals surface area contributed by atoms with E-state index < -0.39 is 0 Å². The summed E-state index contributed by atoms with van der Waals surface area (Å²) in [6, 6.07) is 2.16. The van der Waals surface area contributed by atoms with Crippen molar-refractivity contribution in [3.05, 3.63) is 29.6 Å². The fourth-order valence-electron chi connectivity index (χ4n) is 2.26. The zero-order valence-electron chi connectivity index (χ0n) is 10.4. The average Bonchev–Trinajstić information content (AvgIpc) is 2.39. The molecule has 1 aromatic heterocycles. The van der Waals surface area contributed by atoms with E-state index in [1.165, 1.54) is 0 Å². The summed E-state index contributed by atoms with van der Waals surface area (Å²) in [5.74, 6) is 0.108. The van der Waals surface area contributed by atoms with Crippen LogP contribution in [0.4, 0.5) is 0 Å². The van der Waals surface area contributed by atoms with Crippen LogP contribution in [0.3, 0.4) is 0 Å². The quantitative estimate of drug-likeness (QED) is 0.835. The fourth-order valence-corrected chi connectivity index (χ4v) is 2.26. The molecule has 2 rings (SSSR count). The van der Waals surface area contributed by atoms with E-state index in [0.717, 1.165) is 37.1 Å². The van der Waals surface area contributed by atoms with Gasteiger partial charge in [0.2, 0.25) is 0 Å². The minimum absolute atomic E-state index is 0.108. The monoisotopic (exact) mass is 233 g/mol. The van der Waals surface area contributed by atoms with Crippen LogP contribution < -0.4 is 5.32 Å². The lowest BCUT2D eigenvalue weighted by molar-refractivity contribution is 0.0702.